The van der Waals surface area contributed by atoms with Crippen LogP contribution in [0, 0.1) is 11.8 Å². The van der Waals surface area contributed by atoms with Crippen LogP contribution in [0.1, 0.15) is 64.9 Å². The van der Waals surface area contributed by atoms with Crippen LogP contribution in [0.4, 0.5) is 0 Å². The van der Waals surface area contributed by atoms with E-state index in [0.29, 0.717) is 11.8 Å². The molecule has 1 heteroatoms. The second-order valence-electron chi connectivity index (χ2n) is 6.34. The van der Waals surface area contributed by atoms with E-state index in [2.05, 4.69) is 63.3 Å². The molecular weight excluding hydrogens is 242 g/mol. The maximum Gasteiger partial charge on any atom is 0.00227 e. The zero-order chi connectivity index (χ0) is 14.8. The van der Waals surface area contributed by atoms with E-state index in [-0.39, 0.29) is 0 Å². The maximum absolute atomic E-state index is 3.73. The predicted molar refractivity (Wildman–Crippen MR) is 90.2 cm³/mol. The molecule has 0 aliphatic rings. The fraction of sp³-hybridized carbons (Fsp3) is 0.684. The molecule has 1 aromatic rings. The van der Waals surface area contributed by atoms with Gasteiger partial charge in [-0.05, 0) is 36.3 Å². The lowest BCUT2D eigenvalue weighted by Crippen LogP contribution is -2.29. The van der Waals surface area contributed by atoms with Crippen LogP contribution in [0.3, 0.4) is 0 Å². The molecule has 2 atom stereocenters. The van der Waals surface area contributed by atoms with Crippen LogP contribution in [0.25, 0.3) is 0 Å². The number of unbranched alkanes of at least 4 members (excludes halogenated alkanes) is 1. The highest BCUT2D eigenvalue weighted by Crippen LogP contribution is 2.23. The number of hydrogen-bond acceptors (Lipinski definition) is 1. The van der Waals surface area contributed by atoms with Gasteiger partial charge in [0.25, 0.3) is 0 Å². The van der Waals surface area contributed by atoms with Crippen LogP contribution in [-0.4, -0.2) is 13.1 Å². The van der Waals surface area contributed by atoms with E-state index in [1.54, 1.807) is 0 Å². The zero-order valence-electron chi connectivity index (χ0n) is 13.9. The van der Waals surface area contributed by atoms with Crippen molar-refractivity contribution in [2.45, 2.75) is 59.3 Å². The van der Waals surface area contributed by atoms with Crippen molar-refractivity contribution in [2.75, 3.05) is 13.1 Å². The highest BCUT2D eigenvalue weighted by molar-refractivity contribution is 5.20. The highest BCUT2D eigenvalue weighted by Gasteiger charge is 2.15. The van der Waals surface area contributed by atoms with Crippen LogP contribution in [-0.2, 0) is 0 Å². The van der Waals surface area contributed by atoms with Gasteiger partial charge < -0.3 is 5.32 Å². The van der Waals surface area contributed by atoms with Crippen LogP contribution < -0.4 is 5.32 Å². The third-order valence-electron chi connectivity index (χ3n) is 4.37. The normalized spacial score (nSPS) is 14.4. The van der Waals surface area contributed by atoms with Crippen molar-refractivity contribution in [3.8, 4) is 0 Å². The van der Waals surface area contributed by atoms with Crippen LogP contribution in [0.5, 0.6) is 0 Å². The average Bonchev–Trinajstić information content (AvgIpc) is 2.47. The summed E-state index contributed by atoms with van der Waals surface area (Å²) < 4.78 is 0. The standard InChI is InChI=1S/C19H33N/c1-5-7-11-17(6-2)14-20-15-19(16(3)4)18-12-9-8-10-13-18/h8-10,12-13,16-17,19-20H,5-7,11,14-15H2,1-4H3. The first-order valence-corrected chi connectivity index (χ1v) is 8.44. The summed E-state index contributed by atoms with van der Waals surface area (Å²) in [7, 11) is 0. The van der Waals surface area contributed by atoms with E-state index in [4.69, 9.17) is 0 Å². The SMILES string of the molecule is CCCCC(CC)CNCC(c1ccccc1)C(C)C. The number of hydrogen-bond donors (Lipinski definition) is 1. The summed E-state index contributed by atoms with van der Waals surface area (Å²) in [5.74, 6) is 2.15. The summed E-state index contributed by atoms with van der Waals surface area (Å²) in [6, 6.07) is 10.9. The predicted octanol–water partition coefficient (Wildman–Crippen LogP) is 5.23. The minimum Gasteiger partial charge on any atom is -0.316 e. The van der Waals surface area contributed by atoms with Gasteiger partial charge in [-0.1, -0.05) is 77.3 Å². The van der Waals surface area contributed by atoms with Crippen molar-refractivity contribution < 1.29 is 0 Å². The van der Waals surface area contributed by atoms with Crippen molar-refractivity contribution in [3.05, 3.63) is 35.9 Å². The van der Waals surface area contributed by atoms with Gasteiger partial charge in [-0.2, -0.15) is 0 Å². The lowest BCUT2D eigenvalue weighted by atomic mass is 9.88. The first-order chi connectivity index (χ1) is 9.69. The van der Waals surface area contributed by atoms with Gasteiger partial charge in [0.15, 0.2) is 0 Å². The Bertz CT molecular complexity index is 331. The number of nitrogens with one attached hydrogen (secondary N) is 1. The molecule has 0 fully saturated rings. The first kappa shape index (κ1) is 17.2. The molecule has 0 aromatic heterocycles. The Balaban J connectivity index is 2.44. The summed E-state index contributed by atoms with van der Waals surface area (Å²) in [5.41, 5.74) is 1.47. The van der Waals surface area contributed by atoms with Gasteiger partial charge in [0, 0.05) is 6.54 Å². The quantitative estimate of drug-likeness (QED) is 0.616. The minimum atomic E-state index is 0.625. The summed E-state index contributed by atoms with van der Waals surface area (Å²) >= 11 is 0. The Hall–Kier alpha value is -0.820. The molecule has 0 radical (unpaired) electrons. The average molecular weight is 275 g/mol. The van der Waals surface area contributed by atoms with Gasteiger partial charge in [-0.25, -0.2) is 0 Å². The molecule has 1 N–H and O–H groups in total. The fourth-order valence-corrected chi connectivity index (χ4v) is 2.82. The molecule has 114 valence electrons. The summed E-state index contributed by atoms with van der Waals surface area (Å²) in [5, 5.41) is 3.73. The summed E-state index contributed by atoms with van der Waals surface area (Å²) in [4.78, 5) is 0. The van der Waals surface area contributed by atoms with Crippen molar-refractivity contribution in [2.24, 2.45) is 11.8 Å². The fourth-order valence-electron chi connectivity index (χ4n) is 2.82. The van der Waals surface area contributed by atoms with Crippen molar-refractivity contribution >= 4 is 0 Å². The van der Waals surface area contributed by atoms with Gasteiger partial charge in [0.05, 0.1) is 0 Å². The molecule has 0 bridgehead atoms. The Morgan fingerprint density at radius 2 is 1.70 bits per heavy atom. The Labute approximate surface area is 126 Å². The maximum atomic E-state index is 3.73. The monoisotopic (exact) mass is 275 g/mol. The van der Waals surface area contributed by atoms with Gasteiger partial charge >= 0.3 is 0 Å². The highest BCUT2D eigenvalue weighted by atomic mass is 14.9. The molecule has 1 nitrogen and oxygen atoms in total. The molecule has 0 aliphatic carbocycles. The van der Waals surface area contributed by atoms with E-state index in [1.165, 1.54) is 37.8 Å². The molecule has 1 aromatic carbocycles. The Morgan fingerprint density at radius 1 is 1.00 bits per heavy atom. The van der Waals surface area contributed by atoms with E-state index < -0.39 is 0 Å². The molecule has 0 spiro atoms. The molecule has 0 saturated heterocycles. The smallest absolute Gasteiger partial charge is 0.00227 e. The molecular formula is C19H33N. The zero-order valence-corrected chi connectivity index (χ0v) is 13.9. The first-order valence-electron chi connectivity index (χ1n) is 8.44. The molecule has 0 saturated carbocycles. The van der Waals surface area contributed by atoms with E-state index in [1.807, 2.05) is 0 Å². The molecule has 0 amide bonds. The second kappa shape index (κ2) is 9.99. The third kappa shape index (κ3) is 6.09. The molecule has 2 unspecified atom stereocenters. The van der Waals surface area contributed by atoms with Crippen LogP contribution in [0.2, 0.25) is 0 Å². The third-order valence-corrected chi connectivity index (χ3v) is 4.37. The van der Waals surface area contributed by atoms with Gasteiger partial charge in [-0.15, -0.1) is 0 Å². The molecule has 0 aliphatic heterocycles. The van der Waals surface area contributed by atoms with Gasteiger partial charge in [0.1, 0.15) is 0 Å². The summed E-state index contributed by atoms with van der Waals surface area (Å²) in [6.07, 6.45) is 5.35. The number of benzene rings is 1. The molecule has 0 heterocycles. The molecule has 1 rings (SSSR count). The molecule has 20 heavy (non-hydrogen) atoms. The summed E-state index contributed by atoms with van der Waals surface area (Å²) in [6.45, 7) is 11.5. The van der Waals surface area contributed by atoms with E-state index >= 15 is 0 Å². The van der Waals surface area contributed by atoms with Gasteiger partial charge in [0.2, 0.25) is 0 Å². The van der Waals surface area contributed by atoms with Crippen LogP contribution >= 0.6 is 0 Å². The number of rotatable bonds is 10. The Morgan fingerprint density at radius 3 is 2.25 bits per heavy atom. The van der Waals surface area contributed by atoms with Crippen molar-refractivity contribution in [1.82, 2.24) is 5.32 Å². The van der Waals surface area contributed by atoms with E-state index in [9.17, 15) is 0 Å². The van der Waals surface area contributed by atoms with Crippen molar-refractivity contribution in [3.63, 3.8) is 0 Å². The lowest BCUT2D eigenvalue weighted by molar-refractivity contribution is 0.391. The Kier molecular flexibility index (Phi) is 8.60. The second-order valence-corrected chi connectivity index (χ2v) is 6.34. The van der Waals surface area contributed by atoms with Crippen LogP contribution in [0.15, 0.2) is 30.3 Å². The topological polar surface area (TPSA) is 12.0 Å². The van der Waals surface area contributed by atoms with E-state index in [0.717, 1.165) is 12.5 Å². The van der Waals surface area contributed by atoms with Gasteiger partial charge in [-0.3, -0.25) is 0 Å². The van der Waals surface area contributed by atoms with Crippen molar-refractivity contribution in [1.29, 1.82) is 0 Å². The minimum absolute atomic E-state index is 0.625. The largest absolute Gasteiger partial charge is 0.316 e. The lowest BCUT2D eigenvalue weighted by Gasteiger charge is -2.23.